The molecule has 0 saturated heterocycles. The first-order valence-corrected chi connectivity index (χ1v) is 35.2. The molecule has 2 unspecified atom stereocenters. The Kier molecular flexibility index (Phi) is 63.6. The number of unbranched alkanes of at least 4 members (excludes halogenated alkanes) is 34. The maximum Gasteiger partial charge on any atom is 0.472 e. The highest BCUT2D eigenvalue weighted by atomic mass is 31.2. The van der Waals surface area contributed by atoms with Gasteiger partial charge in [0.15, 0.2) is 6.10 Å². The summed E-state index contributed by atoms with van der Waals surface area (Å²) >= 11 is 0. The van der Waals surface area contributed by atoms with Crippen molar-refractivity contribution in [3.05, 3.63) is 97.2 Å². The average Bonchev–Trinajstić information content (AvgIpc) is 3.46. The summed E-state index contributed by atoms with van der Waals surface area (Å²) in [7, 11) is -4.39. The Morgan fingerprint density at radius 1 is 0.383 bits per heavy atom. The lowest BCUT2D eigenvalue weighted by atomic mass is 10.0. The molecule has 0 saturated carbocycles. The van der Waals surface area contributed by atoms with E-state index in [0.717, 1.165) is 89.9 Å². The third kappa shape index (κ3) is 65.9. The largest absolute Gasteiger partial charge is 0.472 e. The number of phosphoric ester groups is 1. The highest BCUT2D eigenvalue weighted by Gasteiger charge is 2.26. The molecular weight excluding hydrogens is 1030 g/mol. The lowest BCUT2D eigenvalue weighted by Crippen LogP contribution is -2.29. The minimum Gasteiger partial charge on any atom is -0.462 e. The summed E-state index contributed by atoms with van der Waals surface area (Å²) in [6.07, 6.45) is 89.2. The lowest BCUT2D eigenvalue weighted by Gasteiger charge is -2.19. The van der Waals surface area contributed by atoms with Crippen molar-refractivity contribution in [3.63, 3.8) is 0 Å². The van der Waals surface area contributed by atoms with Gasteiger partial charge in [0.25, 0.3) is 0 Å². The van der Waals surface area contributed by atoms with Crippen LogP contribution in [0.5, 0.6) is 0 Å². The molecule has 0 aromatic carbocycles. The molecule has 0 aliphatic rings. The summed E-state index contributed by atoms with van der Waals surface area (Å²) in [6.45, 7) is 3.67. The highest BCUT2D eigenvalue weighted by Crippen LogP contribution is 2.43. The van der Waals surface area contributed by atoms with Gasteiger partial charge in [0.1, 0.15) is 6.61 Å². The Labute approximate surface area is 499 Å². The number of carbonyl (C=O) groups excluding carboxylic acids is 2. The van der Waals surface area contributed by atoms with E-state index in [1.165, 1.54) is 186 Å². The van der Waals surface area contributed by atoms with Gasteiger partial charge in [-0.05, 0) is 77.0 Å². The molecule has 10 heteroatoms. The highest BCUT2D eigenvalue weighted by molar-refractivity contribution is 7.47. The Hall–Kier alpha value is -3.07. The molecule has 0 aromatic heterocycles. The van der Waals surface area contributed by atoms with Crippen LogP contribution in [0.1, 0.15) is 309 Å². The number of ether oxygens (including phenoxy) is 2. The van der Waals surface area contributed by atoms with E-state index in [2.05, 4.69) is 111 Å². The summed E-state index contributed by atoms with van der Waals surface area (Å²) < 4.78 is 33.1. The number of esters is 2. The van der Waals surface area contributed by atoms with Crippen molar-refractivity contribution in [1.82, 2.24) is 0 Å². The molecular formula is C71H126NO8P. The van der Waals surface area contributed by atoms with Crippen molar-refractivity contribution >= 4 is 19.8 Å². The van der Waals surface area contributed by atoms with Crippen molar-refractivity contribution in [2.75, 3.05) is 26.4 Å². The maximum absolute atomic E-state index is 12.8. The number of carbonyl (C=O) groups is 2. The topological polar surface area (TPSA) is 134 Å². The second kappa shape index (κ2) is 66.1. The molecule has 3 N–H and O–H groups in total. The van der Waals surface area contributed by atoms with Crippen LogP contribution in [0.3, 0.4) is 0 Å². The SMILES string of the molecule is CC/C=C\C/C=C\C/C=C\C/C=C\C/C=C\C/C=C\C/C=C\C/C=C\CCCCCCCCCCCCCCCCC(=O)OC(COC(=O)CCCCCCCCCCCCCCCCCCCCCCC)COP(=O)(O)OCCN. The van der Waals surface area contributed by atoms with E-state index >= 15 is 0 Å². The number of nitrogens with two attached hydrogens (primary N) is 1. The standard InChI is InChI=1S/C71H126NO8P/c1-3-5-7-9-11-13-15-17-19-21-23-25-26-27-28-29-30-31-32-33-34-35-36-37-38-39-40-41-42-44-46-48-50-52-54-56-58-60-62-64-71(74)80-69(68-79-81(75,76)78-66-65-72)67-77-70(73)63-61-59-57-55-53-51-49-47-45-43-24-22-20-18-16-14-12-10-8-6-4-2/h5,7,11,13,17,19,23,25,27-28,30-31,33-34,36-37,69H,3-4,6,8-10,12,14-16,18,20-22,24,26,29,32,35,38-68,72H2,1-2H3,(H,75,76)/b7-5-,13-11-,19-17-,25-23-,28-27-,31-30-,34-33-,37-36-. The quantitative estimate of drug-likeness (QED) is 0.0264. The number of hydrogen-bond acceptors (Lipinski definition) is 8. The molecule has 2 atom stereocenters. The fourth-order valence-corrected chi connectivity index (χ4v) is 10.3. The molecule has 0 rings (SSSR count). The van der Waals surface area contributed by atoms with E-state index in [0.29, 0.717) is 6.42 Å². The van der Waals surface area contributed by atoms with Crippen LogP contribution in [0.4, 0.5) is 0 Å². The van der Waals surface area contributed by atoms with Gasteiger partial charge < -0.3 is 20.1 Å². The van der Waals surface area contributed by atoms with Crippen LogP contribution in [-0.2, 0) is 32.7 Å². The summed E-state index contributed by atoms with van der Waals surface area (Å²) in [5.41, 5.74) is 5.40. The van der Waals surface area contributed by atoms with E-state index in [9.17, 15) is 19.0 Å². The monoisotopic (exact) mass is 1150 g/mol. The van der Waals surface area contributed by atoms with Crippen LogP contribution >= 0.6 is 7.82 Å². The van der Waals surface area contributed by atoms with Gasteiger partial charge in [-0.1, -0.05) is 317 Å². The van der Waals surface area contributed by atoms with E-state index in [1.54, 1.807) is 0 Å². The Balaban J connectivity index is 3.88. The summed E-state index contributed by atoms with van der Waals surface area (Å²) in [6, 6.07) is 0. The van der Waals surface area contributed by atoms with Crippen molar-refractivity contribution in [2.24, 2.45) is 5.73 Å². The molecule has 0 aliphatic heterocycles. The predicted molar refractivity (Wildman–Crippen MR) is 348 cm³/mol. The fourth-order valence-electron chi connectivity index (χ4n) is 9.54. The molecule has 0 spiro atoms. The zero-order chi connectivity index (χ0) is 58.7. The van der Waals surface area contributed by atoms with Crippen LogP contribution in [0.15, 0.2) is 97.2 Å². The van der Waals surface area contributed by atoms with Gasteiger partial charge in [-0.2, -0.15) is 0 Å². The number of hydrogen-bond donors (Lipinski definition) is 2. The van der Waals surface area contributed by atoms with E-state index in [-0.39, 0.29) is 38.6 Å². The molecule has 468 valence electrons. The molecule has 0 fully saturated rings. The minimum absolute atomic E-state index is 0.0523. The summed E-state index contributed by atoms with van der Waals surface area (Å²) in [5.74, 6) is -0.817. The third-order valence-electron chi connectivity index (χ3n) is 14.5. The minimum atomic E-state index is -4.39. The number of allylic oxidation sites excluding steroid dienone is 16. The third-order valence-corrected chi connectivity index (χ3v) is 15.5. The van der Waals surface area contributed by atoms with Crippen molar-refractivity contribution in [3.8, 4) is 0 Å². The first-order chi connectivity index (χ1) is 39.8. The average molecular weight is 1150 g/mol. The molecule has 0 amide bonds. The van der Waals surface area contributed by atoms with Crippen LogP contribution in [-0.4, -0.2) is 49.3 Å². The van der Waals surface area contributed by atoms with Gasteiger partial charge in [-0.3, -0.25) is 18.6 Å². The predicted octanol–water partition coefficient (Wildman–Crippen LogP) is 22.0. The first kappa shape index (κ1) is 77.9. The molecule has 9 nitrogen and oxygen atoms in total. The molecule has 0 bridgehead atoms. The summed E-state index contributed by atoms with van der Waals surface area (Å²) in [5, 5.41) is 0. The van der Waals surface area contributed by atoms with Gasteiger partial charge in [0, 0.05) is 19.4 Å². The van der Waals surface area contributed by atoms with Crippen molar-refractivity contribution in [1.29, 1.82) is 0 Å². The van der Waals surface area contributed by atoms with Gasteiger partial charge in [-0.25, -0.2) is 4.57 Å². The lowest BCUT2D eigenvalue weighted by molar-refractivity contribution is -0.161. The van der Waals surface area contributed by atoms with Gasteiger partial charge in [0.05, 0.1) is 13.2 Å². The smallest absolute Gasteiger partial charge is 0.462 e. The first-order valence-electron chi connectivity index (χ1n) is 33.7. The van der Waals surface area contributed by atoms with E-state index in [1.807, 2.05) is 0 Å². The van der Waals surface area contributed by atoms with Crippen LogP contribution < -0.4 is 5.73 Å². The second-order valence-corrected chi connectivity index (χ2v) is 23.8. The molecule has 0 aliphatic carbocycles. The summed E-state index contributed by atoms with van der Waals surface area (Å²) in [4.78, 5) is 35.3. The normalized spacial score (nSPS) is 13.6. The zero-order valence-electron chi connectivity index (χ0n) is 52.5. The van der Waals surface area contributed by atoms with Crippen LogP contribution in [0.25, 0.3) is 0 Å². The molecule has 81 heavy (non-hydrogen) atoms. The van der Waals surface area contributed by atoms with E-state index < -0.39 is 26.5 Å². The van der Waals surface area contributed by atoms with Crippen molar-refractivity contribution < 1.29 is 37.6 Å². The zero-order valence-corrected chi connectivity index (χ0v) is 53.4. The second-order valence-electron chi connectivity index (χ2n) is 22.3. The molecule has 0 heterocycles. The molecule has 0 aromatic rings. The fraction of sp³-hybridized carbons (Fsp3) is 0.746. The van der Waals surface area contributed by atoms with Gasteiger partial charge in [0.2, 0.25) is 0 Å². The van der Waals surface area contributed by atoms with Gasteiger partial charge in [-0.15, -0.1) is 0 Å². The number of phosphoric acid groups is 1. The number of rotatable bonds is 63. The Morgan fingerprint density at radius 2 is 0.679 bits per heavy atom. The van der Waals surface area contributed by atoms with E-state index in [4.69, 9.17) is 24.3 Å². The van der Waals surface area contributed by atoms with Crippen molar-refractivity contribution in [2.45, 2.75) is 315 Å². The Morgan fingerprint density at radius 3 is 1.01 bits per heavy atom. The maximum atomic E-state index is 12.8. The van der Waals surface area contributed by atoms with Crippen LogP contribution in [0.2, 0.25) is 0 Å². The Bertz CT molecular complexity index is 1650. The molecule has 0 radical (unpaired) electrons. The van der Waals surface area contributed by atoms with Gasteiger partial charge >= 0.3 is 19.8 Å². The van der Waals surface area contributed by atoms with Crippen LogP contribution in [0, 0.1) is 0 Å².